The summed E-state index contributed by atoms with van der Waals surface area (Å²) >= 11 is 0. The summed E-state index contributed by atoms with van der Waals surface area (Å²) in [6.07, 6.45) is 0.00347. The van der Waals surface area contributed by atoms with E-state index >= 15 is 0 Å². The molecule has 0 saturated heterocycles. The van der Waals surface area contributed by atoms with Crippen LogP contribution in [0, 0.1) is 5.92 Å². The number of hydrogen-bond donors (Lipinski definition) is 1. The quantitative estimate of drug-likeness (QED) is 0.649. The zero-order valence-corrected chi connectivity index (χ0v) is 6.27. The maximum atomic E-state index is 11.7. The monoisotopic (exact) mass is 179 g/mol. The Morgan fingerprint density at radius 2 is 1.78 bits per heavy atom. The van der Waals surface area contributed by atoms with Gasteiger partial charge in [-0.15, -0.1) is 24.8 Å². The van der Waals surface area contributed by atoms with Crippen molar-refractivity contribution in [2.75, 3.05) is 6.54 Å². The van der Waals surface area contributed by atoms with Gasteiger partial charge in [-0.3, -0.25) is 0 Å². The van der Waals surface area contributed by atoms with Crippen molar-refractivity contribution in [2.24, 2.45) is 11.7 Å². The lowest BCUT2D eigenvalue weighted by molar-refractivity contribution is 0.101. The van der Waals surface area contributed by atoms with E-state index in [-0.39, 0.29) is 37.8 Å². The lowest BCUT2D eigenvalue weighted by Gasteiger charge is -1.87. The standard InChI is InChI=1S/C4H7F2N.2ClH/c5-4(6)1-3(4)2-7;;/h3H,1-2,7H2;2*1H/t3-;;/m1../s1. The van der Waals surface area contributed by atoms with Crippen LogP contribution in [0.1, 0.15) is 6.42 Å². The highest BCUT2D eigenvalue weighted by Gasteiger charge is 2.55. The first-order valence-corrected chi connectivity index (χ1v) is 2.24. The Kier molecular flexibility index (Phi) is 4.76. The van der Waals surface area contributed by atoms with E-state index in [0.29, 0.717) is 0 Å². The maximum absolute atomic E-state index is 11.7. The van der Waals surface area contributed by atoms with Crippen molar-refractivity contribution in [2.45, 2.75) is 12.3 Å². The zero-order chi connectivity index (χ0) is 5.49. The number of halogens is 4. The van der Waals surface area contributed by atoms with Crippen LogP contribution in [0.15, 0.2) is 0 Å². The molecule has 0 spiro atoms. The lowest BCUT2D eigenvalue weighted by Crippen LogP contribution is -2.06. The van der Waals surface area contributed by atoms with E-state index in [1.807, 2.05) is 0 Å². The van der Waals surface area contributed by atoms with Crippen molar-refractivity contribution < 1.29 is 8.78 Å². The summed E-state index contributed by atoms with van der Waals surface area (Å²) in [7, 11) is 0. The van der Waals surface area contributed by atoms with Crippen LogP contribution in [0.25, 0.3) is 0 Å². The van der Waals surface area contributed by atoms with Crippen molar-refractivity contribution >= 4 is 24.8 Å². The Hall–Kier alpha value is 0.400. The second kappa shape index (κ2) is 3.54. The molecule has 0 aromatic heterocycles. The summed E-state index contributed by atoms with van der Waals surface area (Å²) < 4.78 is 23.4. The van der Waals surface area contributed by atoms with Crippen molar-refractivity contribution in [3.63, 3.8) is 0 Å². The van der Waals surface area contributed by atoms with Gasteiger partial charge < -0.3 is 5.73 Å². The van der Waals surface area contributed by atoms with Crippen LogP contribution in [-0.4, -0.2) is 12.5 Å². The van der Waals surface area contributed by atoms with E-state index in [2.05, 4.69) is 0 Å². The van der Waals surface area contributed by atoms with Gasteiger partial charge in [0.2, 0.25) is 0 Å². The molecule has 1 aliphatic carbocycles. The number of hydrogen-bond acceptors (Lipinski definition) is 1. The molecule has 1 nitrogen and oxygen atoms in total. The van der Waals surface area contributed by atoms with Gasteiger partial charge in [0.25, 0.3) is 5.92 Å². The average molecular weight is 180 g/mol. The first kappa shape index (κ1) is 12.1. The number of rotatable bonds is 1. The van der Waals surface area contributed by atoms with Crippen LogP contribution in [0.3, 0.4) is 0 Å². The van der Waals surface area contributed by atoms with Crippen molar-refractivity contribution in [1.82, 2.24) is 0 Å². The topological polar surface area (TPSA) is 26.0 Å². The van der Waals surface area contributed by atoms with Crippen molar-refractivity contribution in [1.29, 1.82) is 0 Å². The molecule has 58 valence electrons. The van der Waals surface area contributed by atoms with Crippen LogP contribution in [0.4, 0.5) is 8.78 Å². The third-order valence-electron chi connectivity index (χ3n) is 1.24. The Morgan fingerprint density at radius 1 is 1.44 bits per heavy atom. The van der Waals surface area contributed by atoms with Gasteiger partial charge >= 0.3 is 0 Å². The Morgan fingerprint density at radius 3 is 1.78 bits per heavy atom. The minimum atomic E-state index is -2.41. The summed E-state index contributed by atoms with van der Waals surface area (Å²) in [5, 5.41) is 0. The van der Waals surface area contributed by atoms with Gasteiger partial charge in [-0.05, 0) is 0 Å². The van der Waals surface area contributed by atoms with Crippen LogP contribution in [-0.2, 0) is 0 Å². The fourth-order valence-electron chi connectivity index (χ4n) is 0.525. The van der Waals surface area contributed by atoms with E-state index in [1.54, 1.807) is 0 Å². The van der Waals surface area contributed by atoms with Gasteiger partial charge in [0.1, 0.15) is 0 Å². The van der Waals surface area contributed by atoms with Crippen molar-refractivity contribution in [3.8, 4) is 0 Å². The molecule has 0 aromatic carbocycles. The molecule has 1 atom stereocenters. The second-order valence-electron chi connectivity index (χ2n) is 1.90. The first-order valence-electron chi connectivity index (χ1n) is 2.24. The van der Waals surface area contributed by atoms with Crippen LogP contribution >= 0.6 is 24.8 Å². The Bertz CT molecular complexity index is 88.6. The highest BCUT2D eigenvalue weighted by Crippen LogP contribution is 2.47. The molecule has 0 amide bonds. The maximum Gasteiger partial charge on any atom is 0.252 e. The molecule has 0 bridgehead atoms. The highest BCUT2D eigenvalue weighted by molar-refractivity contribution is 5.85. The summed E-state index contributed by atoms with van der Waals surface area (Å²) in [5.74, 6) is -2.91. The fraction of sp³-hybridized carbons (Fsp3) is 1.00. The molecule has 0 heterocycles. The Balaban J connectivity index is 0. The van der Waals surface area contributed by atoms with Crippen molar-refractivity contribution in [3.05, 3.63) is 0 Å². The molecular formula is C4H9Cl2F2N. The number of nitrogens with two attached hydrogens (primary N) is 1. The third kappa shape index (κ3) is 2.65. The normalized spacial score (nSPS) is 27.7. The predicted octanol–water partition coefficient (Wildman–Crippen LogP) is 1.44. The van der Waals surface area contributed by atoms with Gasteiger partial charge in [0.15, 0.2) is 0 Å². The second-order valence-corrected chi connectivity index (χ2v) is 1.90. The minimum absolute atomic E-state index is 0. The van der Waals surface area contributed by atoms with Gasteiger partial charge in [-0.25, -0.2) is 8.78 Å². The van der Waals surface area contributed by atoms with E-state index in [1.165, 1.54) is 0 Å². The molecule has 9 heavy (non-hydrogen) atoms. The molecule has 1 fully saturated rings. The molecule has 0 unspecified atom stereocenters. The van der Waals surface area contributed by atoms with Gasteiger partial charge in [0, 0.05) is 18.9 Å². The Labute approximate surface area is 64.8 Å². The largest absolute Gasteiger partial charge is 0.330 e. The molecule has 5 heteroatoms. The fourth-order valence-corrected chi connectivity index (χ4v) is 0.525. The van der Waals surface area contributed by atoms with Gasteiger partial charge in [-0.2, -0.15) is 0 Å². The first-order chi connectivity index (χ1) is 3.17. The van der Waals surface area contributed by atoms with E-state index in [4.69, 9.17) is 5.73 Å². The molecule has 0 aliphatic heterocycles. The predicted molar refractivity (Wildman–Crippen MR) is 36.6 cm³/mol. The van der Waals surface area contributed by atoms with E-state index < -0.39 is 11.8 Å². The average Bonchev–Trinajstić information content (AvgIpc) is 2.13. The summed E-state index contributed by atoms with van der Waals surface area (Å²) in [4.78, 5) is 0. The SMILES string of the molecule is Cl.Cl.NC[C@H]1CC1(F)F. The summed E-state index contributed by atoms with van der Waals surface area (Å²) in [6, 6.07) is 0. The molecule has 1 saturated carbocycles. The van der Waals surface area contributed by atoms with Crippen LogP contribution < -0.4 is 5.73 Å². The lowest BCUT2D eigenvalue weighted by atomic mass is 10.4. The zero-order valence-electron chi connectivity index (χ0n) is 4.64. The molecule has 0 aromatic rings. The smallest absolute Gasteiger partial charge is 0.252 e. The van der Waals surface area contributed by atoms with Gasteiger partial charge in [-0.1, -0.05) is 0 Å². The number of alkyl halides is 2. The molecule has 1 rings (SSSR count). The third-order valence-corrected chi connectivity index (χ3v) is 1.24. The van der Waals surface area contributed by atoms with E-state index in [0.717, 1.165) is 0 Å². The molecular weight excluding hydrogens is 171 g/mol. The minimum Gasteiger partial charge on any atom is -0.330 e. The van der Waals surface area contributed by atoms with E-state index in [9.17, 15) is 8.78 Å². The summed E-state index contributed by atoms with van der Waals surface area (Å²) in [6.45, 7) is 0.132. The van der Waals surface area contributed by atoms with Crippen LogP contribution in [0.2, 0.25) is 0 Å². The molecule has 2 N–H and O–H groups in total. The summed E-state index contributed by atoms with van der Waals surface area (Å²) in [5.41, 5.74) is 4.93. The molecule has 1 aliphatic rings. The molecule has 0 radical (unpaired) electrons. The van der Waals surface area contributed by atoms with Crippen LogP contribution in [0.5, 0.6) is 0 Å². The highest BCUT2D eigenvalue weighted by atomic mass is 35.5. The van der Waals surface area contributed by atoms with Gasteiger partial charge in [0.05, 0.1) is 0 Å².